The molecule has 2 aromatic carbocycles. The Morgan fingerprint density at radius 1 is 1.18 bits per heavy atom. The Morgan fingerprint density at radius 2 is 1.96 bits per heavy atom. The van der Waals surface area contributed by atoms with E-state index in [0.29, 0.717) is 43.1 Å². The number of hydrogen-bond donors (Lipinski definition) is 1. The van der Waals surface area contributed by atoms with Crippen molar-refractivity contribution in [2.24, 2.45) is 5.92 Å². The van der Waals surface area contributed by atoms with Crippen molar-refractivity contribution in [2.45, 2.75) is 101 Å². The maximum absolute atomic E-state index is 13.9. The van der Waals surface area contributed by atoms with Gasteiger partial charge in [0.2, 0.25) is 5.91 Å². The van der Waals surface area contributed by atoms with E-state index >= 15 is 0 Å². The van der Waals surface area contributed by atoms with Crippen LogP contribution in [0, 0.1) is 5.92 Å². The number of rotatable bonds is 7. The van der Waals surface area contributed by atoms with Crippen LogP contribution in [0.2, 0.25) is 0 Å². The molecular formula is C35H39F3N2O5. The summed E-state index contributed by atoms with van der Waals surface area (Å²) in [5, 5.41) is 12.9. The van der Waals surface area contributed by atoms with Crippen molar-refractivity contribution in [1.29, 1.82) is 0 Å². The van der Waals surface area contributed by atoms with Crippen LogP contribution >= 0.6 is 0 Å². The van der Waals surface area contributed by atoms with Gasteiger partial charge in [0.1, 0.15) is 6.10 Å². The molecule has 2 heterocycles. The molecular weight excluding hydrogens is 585 g/mol. The topological polar surface area (TPSA) is 79.3 Å². The number of carbonyl (C=O) groups is 2. The number of halogens is 3. The lowest BCUT2D eigenvalue weighted by atomic mass is 9.48. The molecule has 2 aliphatic heterocycles. The Bertz CT molecular complexity index is 1570. The molecule has 5 aliphatic rings. The lowest BCUT2D eigenvalue weighted by Gasteiger charge is -2.65. The predicted molar refractivity (Wildman–Crippen MR) is 161 cm³/mol. The normalized spacial score (nSPS) is 30.3. The molecule has 0 unspecified atom stereocenters. The molecule has 7 rings (SSSR count). The Morgan fingerprint density at radius 3 is 2.64 bits per heavy atom. The second-order valence-electron chi connectivity index (χ2n) is 13.8. The van der Waals surface area contributed by atoms with Gasteiger partial charge in [0.05, 0.1) is 22.6 Å². The Hall–Kier alpha value is -3.37. The molecule has 2 saturated carbocycles. The number of esters is 1. The van der Waals surface area contributed by atoms with Gasteiger partial charge in [-0.2, -0.15) is 13.2 Å². The van der Waals surface area contributed by atoms with Crippen molar-refractivity contribution in [1.82, 2.24) is 9.80 Å². The number of piperidine rings is 1. The van der Waals surface area contributed by atoms with Crippen LogP contribution in [0.4, 0.5) is 13.2 Å². The first-order valence-corrected chi connectivity index (χ1v) is 16.0. The van der Waals surface area contributed by atoms with Crippen molar-refractivity contribution >= 4 is 18.0 Å². The Kier molecular flexibility index (Phi) is 7.13. The average Bonchev–Trinajstić information content (AvgIpc) is 3.72. The highest BCUT2D eigenvalue weighted by molar-refractivity contribution is 5.92. The quantitative estimate of drug-likeness (QED) is 0.249. The largest absolute Gasteiger partial charge is 0.483 e. The smallest absolute Gasteiger partial charge is 0.416 e. The van der Waals surface area contributed by atoms with Gasteiger partial charge in [-0.15, -0.1) is 0 Å². The van der Waals surface area contributed by atoms with Gasteiger partial charge in [-0.1, -0.05) is 18.2 Å². The maximum atomic E-state index is 13.9. The van der Waals surface area contributed by atoms with Crippen LogP contribution in [0.25, 0.3) is 6.08 Å². The lowest BCUT2D eigenvalue weighted by Crippen LogP contribution is -2.78. The number of aliphatic hydroxyl groups is 1. The second kappa shape index (κ2) is 10.6. The van der Waals surface area contributed by atoms with E-state index in [4.69, 9.17) is 9.47 Å². The predicted octanol–water partition coefficient (Wildman–Crippen LogP) is 5.51. The molecule has 2 bridgehead atoms. The minimum absolute atomic E-state index is 0.0964. The van der Waals surface area contributed by atoms with Crippen LogP contribution in [-0.2, 0) is 27.6 Å². The Balaban J connectivity index is 1.27. The van der Waals surface area contributed by atoms with E-state index in [1.807, 2.05) is 19.9 Å². The molecule has 2 aromatic rings. The number of benzene rings is 2. The van der Waals surface area contributed by atoms with Crippen molar-refractivity contribution in [3.63, 3.8) is 0 Å². The van der Waals surface area contributed by atoms with Crippen molar-refractivity contribution in [3.8, 4) is 11.5 Å². The number of alkyl halides is 3. The molecule has 3 aliphatic carbocycles. The maximum Gasteiger partial charge on any atom is 0.416 e. The number of carbonyl (C=O) groups excluding carboxylic acids is 2. The monoisotopic (exact) mass is 624 g/mol. The van der Waals surface area contributed by atoms with E-state index in [9.17, 15) is 27.9 Å². The zero-order chi connectivity index (χ0) is 31.9. The molecule has 240 valence electrons. The zero-order valence-corrected chi connectivity index (χ0v) is 25.8. The summed E-state index contributed by atoms with van der Waals surface area (Å²) in [6.45, 7) is 6.91. The molecule has 1 saturated heterocycles. The highest BCUT2D eigenvalue weighted by Crippen LogP contribution is 2.66. The van der Waals surface area contributed by atoms with Crippen LogP contribution < -0.4 is 9.47 Å². The fourth-order valence-electron chi connectivity index (χ4n) is 8.84. The molecule has 3 fully saturated rings. The van der Waals surface area contributed by atoms with Gasteiger partial charge in [-0.3, -0.25) is 14.5 Å². The first kappa shape index (κ1) is 30.3. The number of hydrogen-bond acceptors (Lipinski definition) is 6. The molecule has 1 N–H and O–H groups in total. The molecule has 5 atom stereocenters. The number of amides is 1. The summed E-state index contributed by atoms with van der Waals surface area (Å²) >= 11 is 0. The molecule has 0 radical (unpaired) electrons. The first-order chi connectivity index (χ1) is 21.3. The van der Waals surface area contributed by atoms with Gasteiger partial charge < -0.3 is 19.5 Å². The van der Waals surface area contributed by atoms with E-state index in [1.54, 1.807) is 11.0 Å². The van der Waals surface area contributed by atoms with Gasteiger partial charge in [-0.05, 0) is 100 Å². The highest BCUT2D eigenvalue weighted by Gasteiger charge is 2.73. The van der Waals surface area contributed by atoms with Gasteiger partial charge in [-0.25, -0.2) is 0 Å². The average molecular weight is 625 g/mol. The van der Waals surface area contributed by atoms with Gasteiger partial charge in [0.15, 0.2) is 11.5 Å². The minimum Gasteiger partial charge on any atom is -0.483 e. The first-order valence-electron chi connectivity index (χ1n) is 16.0. The zero-order valence-electron chi connectivity index (χ0n) is 25.8. The van der Waals surface area contributed by atoms with Crippen molar-refractivity contribution in [2.75, 3.05) is 13.1 Å². The van der Waals surface area contributed by atoms with Crippen LogP contribution in [0.1, 0.15) is 75.1 Å². The summed E-state index contributed by atoms with van der Waals surface area (Å²) in [6.07, 6.45) is 2.35. The van der Waals surface area contributed by atoms with Gasteiger partial charge >= 0.3 is 12.1 Å². The fraction of sp³-hybridized carbons (Fsp3) is 0.543. The van der Waals surface area contributed by atoms with Crippen LogP contribution in [-0.4, -0.2) is 69.7 Å². The summed E-state index contributed by atoms with van der Waals surface area (Å²) < 4.78 is 52.3. The SMILES string of the molecule is CC(=O)Oc1ccc2c3c1O[C@H]1[C@@H](N(C(=O)C=Cc4cccc(C(F)(F)F)c4)C(C)C)CC[C@@]4(O)[C@@H](C2)N(CC2CC2)CC[C@]314. The Labute approximate surface area is 261 Å². The molecule has 45 heavy (non-hydrogen) atoms. The van der Waals surface area contributed by atoms with E-state index in [0.717, 1.165) is 36.3 Å². The third-order valence-electron chi connectivity index (χ3n) is 10.8. The molecule has 0 aromatic heterocycles. The molecule has 1 amide bonds. The van der Waals surface area contributed by atoms with Crippen LogP contribution in [0.15, 0.2) is 42.5 Å². The molecule has 7 nitrogen and oxygen atoms in total. The summed E-state index contributed by atoms with van der Waals surface area (Å²) in [5.74, 6) is 0.642. The standard InChI is InChI=1S/C35H39F3N2O5/c1-20(2)40(29(42)12-9-22-5-4-6-25(17-22)35(36,37)38)26-13-14-34(43)28-18-24-10-11-27(44-21(3)41)31-30(24)33(34,32(26)45-31)15-16-39(28)19-23-7-8-23/h4-6,9-12,17,20,23,26,28,32,43H,7-8,13-16,18-19H2,1-3H3/t26-,28+,32-,33-,34+/m0/s1. The third kappa shape index (κ3) is 4.78. The van der Waals surface area contributed by atoms with Crippen LogP contribution in [0.3, 0.4) is 0 Å². The number of nitrogens with zero attached hydrogens (tertiary/aromatic N) is 2. The van der Waals surface area contributed by atoms with E-state index in [-0.39, 0.29) is 23.6 Å². The third-order valence-corrected chi connectivity index (χ3v) is 10.8. The fourth-order valence-corrected chi connectivity index (χ4v) is 8.84. The molecule has 1 spiro atoms. The summed E-state index contributed by atoms with van der Waals surface area (Å²) in [4.78, 5) is 30.2. The highest BCUT2D eigenvalue weighted by atomic mass is 19.4. The van der Waals surface area contributed by atoms with Crippen molar-refractivity contribution in [3.05, 3.63) is 64.7 Å². The summed E-state index contributed by atoms with van der Waals surface area (Å²) in [7, 11) is 0. The van der Waals surface area contributed by atoms with E-state index in [1.165, 1.54) is 44.1 Å². The summed E-state index contributed by atoms with van der Waals surface area (Å²) in [6, 6.07) is 7.86. The summed E-state index contributed by atoms with van der Waals surface area (Å²) in [5.41, 5.74) is -0.439. The van der Waals surface area contributed by atoms with E-state index < -0.39 is 40.9 Å². The minimum atomic E-state index is -4.49. The van der Waals surface area contributed by atoms with Gasteiger partial charge in [0, 0.05) is 37.2 Å². The van der Waals surface area contributed by atoms with Crippen LogP contribution in [0.5, 0.6) is 11.5 Å². The lowest BCUT2D eigenvalue weighted by molar-refractivity contribution is -0.202. The molecule has 10 heteroatoms. The van der Waals surface area contributed by atoms with E-state index in [2.05, 4.69) is 4.90 Å². The number of likely N-dealkylation sites (tertiary alicyclic amines) is 1. The number of ether oxygens (including phenoxy) is 2. The second-order valence-corrected chi connectivity index (χ2v) is 13.8. The van der Waals surface area contributed by atoms with Gasteiger partial charge in [0.25, 0.3) is 0 Å². The van der Waals surface area contributed by atoms with Crippen molar-refractivity contribution < 1.29 is 37.3 Å².